The van der Waals surface area contributed by atoms with Crippen LogP contribution in [-0.2, 0) is 6.54 Å². The van der Waals surface area contributed by atoms with Crippen molar-refractivity contribution in [2.75, 3.05) is 5.32 Å². The molecule has 0 atom stereocenters. The third kappa shape index (κ3) is 3.74. The summed E-state index contributed by atoms with van der Waals surface area (Å²) in [6.45, 7) is 6.58. The zero-order valence-corrected chi connectivity index (χ0v) is 15.3. The molecule has 128 valence electrons. The fourth-order valence-electron chi connectivity index (χ4n) is 2.84. The summed E-state index contributed by atoms with van der Waals surface area (Å²) in [7, 11) is 0. The van der Waals surface area contributed by atoms with Crippen molar-refractivity contribution in [2.45, 2.75) is 27.3 Å². The van der Waals surface area contributed by atoms with Crippen molar-refractivity contribution in [2.24, 2.45) is 0 Å². The van der Waals surface area contributed by atoms with Gasteiger partial charge in [-0.3, -0.25) is 9.48 Å². The standard InChI is InChI=1S/C20H20ClN3O/c1-13-7-6-8-16(11-13)12-24-15(3)19(14(2)23-24)22-20(25)17-9-4-5-10-18(17)21/h4-11H,12H2,1-3H3,(H,22,25). The summed E-state index contributed by atoms with van der Waals surface area (Å²) in [5, 5.41) is 7.95. The first-order valence-corrected chi connectivity index (χ1v) is 8.49. The fraction of sp³-hybridized carbons (Fsp3) is 0.200. The minimum atomic E-state index is -0.230. The predicted octanol–water partition coefficient (Wildman–Crippen LogP) is 4.76. The van der Waals surface area contributed by atoms with E-state index in [1.54, 1.807) is 24.3 Å². The Morgan fingerprint density at radius 1 is 1.12 bits per heavy atom. The van der Waals surface area contributed by atoms with E-state index < -0.39 is 0 Å². The van der Waals surface area contributed by atoms with Gasteiger partial charge in [-0.25, -0.2) is 0 Å². The van der Waals surface area contributed by atoms with Gasteiger partial charge in [-0.2, -0.15) is 5.10 Å². The summed E-state index contributed by atoms with van der Waals surface area (Å²) in [6.07, 6.45) is 0. The third-order valence-electron chi connectivity index (χ3n) is 4.15. The number of hydrogen-bond acceptors (Lipinski definition) is 2. The summed E-state index contributed by atoms with van der Waals surface area (Å²) < 4.78 is 1.91. The van der Waals surface area contributed by atoms with Crippen LogP contribution in [0.5, 0.6) is 0 Å². The normalized spacial score (nSPS) is 10.7. The molecular weight excluding hydrogens is 334 g/mol. The minimum Gasteiger partial charge on any atom is -0.319 e. The van der Waals surface area contributed by atoms with Crippen molar-refractivity contribution in [3.8, 4) is 0 Å². The van der Waals surface area contributed by atoms with E-state index in [9.17, 15) is 4.79 Å². The molecule has 0 aliphatic carbocycles. The maximum absolute atomic E-state index is 12.5. The lowest BCUT2D eigenvalue weighted by molar-refractivity contribution is 0.102. The van der Waals surface area contributed by atoms with Gasteiger partial charge in [-0.1, -0.05) is 53.6 Å². The Labute approximate surface area is 152 Å². The van der Waals surface area contributed by atoms with Crippen LogP contribution in [0.25, 0.3) is 0 Å². The highest BCUT2D eigenvalue weighted by atomic mass is 35.5. The number of nitrogens with one attached hydrogen (secondary N) is 1. The summed E-state index contributed by atoms with van der Waals surface area (Å²) in [4.78, 5) is 12.5. The molecule has 2 aromatic carbocycles. The number of carbonyl (C=O) groups is 1. The van der Waals surface area contributed by atoms with Crippen LogP contribution in [0.1, 0.15) is 32.9 Å². The average molecular weight is 354 g/mol. The van der Waals surface area contributed by atoms with Crippen molar-refractivity contribution in [1.29, 1.82) is 0 Å². The van der Waals surface area contributed by atoms with Crippen LogP contribution in [0.3, 0.4) is 0 Å². The van der Waals surface area contributed by atoms with Crippen LogP contribution in [0.2, 0.25) is 5.02 Å². The van der Waals surface area contributed by atoms with Gasteiger partial charge in [0.25, 0.3) is 5.91 Å². The zero-order valence-electron chi connectivity index (χ0n) is 14.5. The number of hydrogen-bond donors (Lipinski definition) is 1. The molecule has 1 amide bonds. The highest BCUT2D eigenvalue weighted by molar-refractivity contribution is 6.34. The van der Waals surface area contributed by atoms with Crippen LogP contribution >= 0.6 is 11.6 Å². The van der Waals surface area contributed by atoms with Gasteiger partial charge in [0.15, 0.2) is 0 Å². The molecule has 3 aromatic rings. The molecule has 0 radical (unpaired) electrons. The summed E-state index contributed by atoms with van der Waals surface area (Å²) in [5.74, 6) is -0.230. The second-order valence-electron chi connectivity index (χ2n) is 6.13. The molecule has 0 aliphatic heterocycles. The highest BCUT2D eigenvalue weighted by Gasteiger charge is 2.16. The molecule has 0 saturated heterocycles. The number of carbonyl (C=O) groups excluding carboxylic acids is 1. The molecule has 25 heavy (non-hydrogen) atoms. The molecule has 0 spiro atoms. The third-order valence-corrected chi connectivity index (χ3v) is 4.48. The van der Waals surface area contributed by atoms with Crippen LogP contribution in [0.4, 0.5) is 5.69 Å². The molecule has 3 rings (SSSR count). The first-order chi connectivity index (χ1) is 12.0. The average Bonchev–Trinajstić information content (AvgIpc) is 2.83. The topological polar surface area (TPSA) is 46.9 Å². The second-order valence-corrected chi connectivity index (χ2v) is 6.53. The van der Waals surface area contributed by atoms with Gasteiger partial charge < -0.3 is 5.32 Å². The molecule has 0 unspecified atom stereocenters. The Kier molecular flexibility index (Phi) is 4.91. The number of anilines is 1. The molecule has 1 heterocycles. The fourth-order valence-corrected chi connectivity index (χ4v) is 3.06. The number of halogens is 1. The summed E-state index contributed by atoms with van der Waals surface area (Å²) in [6, 6.07) is 15.3. The zero-order chi connectivity index (χ0) is 18.0. The van der Waals surface area contributed by atoms with Gasteiger partial charge in [0.2, 0.25) is 0 Å². The van der Waals surface area contributed by atoms with Gasteiger partial charge in [-0.05, 0) is 38.5 Å². The lowest BCUT2D eigenvalue weighted by Gasteiger charge is -2.08. The largest absolute Gasteiger partial charge is 0.319 e. The Morgan fingerprint density at radius 2 is 1.88 bits per heavy atom. The molecule has 5 heteroatoms. The van der Waals surface area contributed by atoms with Gasteiger partial charge in [0.05, 0.1) is 34.2 Å². The van der Waals surface area contributed by atoms with Crippen molar-refractivity contribution in [3.05, 3.63) is 81.6 Å². The van der Waals surface area contributed by atoms with Gasteiger partial charge in [0, 0.05) is 0 Å². The van der Waals surface area contributed by atoms with E-state index in [0.717, 1.165) is 17.1 Å². The van der Waals surface area contributed by atoms with E-state index in [1.807, 2.05) is 24.6 Å². The Morgan fingerprint density at radius 3 is 2.60 bits per heavy atom. The Bertz CT molecular complexity index is 930. The van der Waals surface area contributed by atoms with Crippen molar-refractivity contribution >= 4 is 23.2 Å². The van der Waals surface area contributed by atoms with E-state index in [4.69, 9.17) is 11.6 Å². The molecule has 1 N–H and O–H groups in total. The Balaban J connectivity index is 1.85. The van der Waals surface area contributed by atoms with Gasteiger partial charge in [0.1, 0.15) is 0 Å². The van der Waals surface area contributed by atoms with Crippen LogP contribution in [-0.4, -0.2) is 15.7 Å². The lowest BCUT2D eigenvalue weighted by atomic mass is 10.1. The van der Waals surface area contributed by atoms with Gasteiger partial charge >= 0.3 is 0 Å². The number of aromatic nitrogens is 2. The lowest BCUT2D eigenvalue weighted by Crippen LogP contribution is -2.14. The quantitative estimate of drug-likeness (QED) is 0.734. The number of benzene rings is 2. The number of rotatable bonds is 4. The molecular formula is C20H20ClN3O. The van der Waals surface area contributed by atoms with Crippen LogP contribution < -0.4 is 5.32 Å². The molecule has 0 fully saturated rings. The van der Waals surface area contributed by atoms with Gasteiger partial charge in [-0.15, -0.1) is 0 Å². The second kappa shape index (κ2) is 7.11. The van der Waals surface area contributed by atoms with Crippen molar-refractivity contribution in [1.82, 2.24) is 9.78 Å². The highest BCUT2D eigenvalue weighted by Crippen LogP contribution is 2.23. The van der Waals surface area contributed by atoms with E-state index in [0.29, 0.717) is 17.1 Å². The smallest absolute Gasteiger partial charge is 0.257 e. The van der Waals surface area contributed by atoms with E-state index in [-0.39, 0.29) is 5.91 Å². The van der Waals surface area contributed by atoms with Crippen molar-refractivity contribution < 1.29 is 4.79 Å². The molecule has 0 aliphatic rings. The SMILES string of the molecule is Cc1cccc(Cn2nc(C)c(NC(=O)c3ccccc3Cl)c2C)c1. The minimum absolute atomic E-state index is 0.230. The molecule has 0 bridgehead atoms. The number of aryl methyl sites for hydroxylation is 2. The van der Waals surface area contributed by atoms with Crippen LogP contribution in [0, 0.1) is 20.8 Å². The maximum Gasteiger partial charge on any atom is 0.257 e. The monoisotopic (exact) mass is 353 g/mol. The first kappa shape index (κ1) is 17.2. The molecule has 0 saturated carbocycles. The number of amides is 1. The number of nitrogens with zero attached hydrogens (tertiary/aromatic N) is 2. The first-order valence-electron chi connectivity index (χ1n) is 8.11. The van der Waals surface area contributed by atoms with Crippen molar-refractivity contribution in [3.63, 3.8) is 0 Å². The molecule has 1 aromatic heterocycles. The maximum atomic E-state index is 12.5. The summed E-state index contributed by atoms with van der Waals surface area (Å²) >= 11 is 6.11. The Hall–Kier alpha value is -2.59. The van der Waals surface area contributed by atoms with E-state index in [2.05, 4.69) is 35.5 Å². The molecule has 4 nitrogen and oxygen atoms in total. The van der Waals surface area contributed by atoms with E-state index in [1.165, 1.54) is 11.1 Å². The van der Waals surface area contributed by atoms with E-state index >= 15 is 0 Å². The predicted molar refractivity (Wildman–Crippen MR) is 101 cm³/mol. The van der Waals surface area contributed by atoms with Crippen LogP contribution in [0.15, 0.2) is 48.5 Å². The summed E-state index contributed by atoms with van der Waals surface area (Å²) in [5.41, 5.74) is 5.28.